The van der Waals surface area contributed by atoms with Gasteiger partial charge < -0.3 is 20.1 Å². The maximum Gasteiger partial charge on any atom is 0.413 e. The molecular weight excluding hydrogens is 609 g/mol. The van der Waals surface area contributed by atoms with Gasteiger partial charge in [-0.25, -0.2) is 32.6 Å². The molecule has 1 fully saturated rings. The van der Waals surface area contributed by atoms with Crippen LogP contribution >= 0.6 is 0 Å². The first-order valence-corrected chi connectivity index (χ1v) is 13.1. The highest BCUT2D eigenvalue weighted by Gasteiger charge is 2.29. The predicted octanol–water partition coefficient (Wildman–Crippen LogP) is 4.17. The third-order valence-electron chi connectivity index (χ3n) is 6.85. The number of aromatic nitrogens is 4. The van der Waals surface area contributed by atoms with E-state index in [0.29, 0.717) is 19.4 Å². The summed E-state index contributed by atoms with van der Waals surface area (Å²) >= 11 is 0. The minimum atomic E-state index is -1.80. The first-order chi connectivity index (χ1) is 21.5. The van der Waals surface area contributed by atoms with Crippen LogP contribution in [0.3, 0.4) is 0 Å². The summed E-state index contributed by atoms with van der Waals surface area (Å²) in [7, 11) is 1.08. The fraction of sp³-hybridized carbons (Fsp3) is 0.214. The smallest absolute Gasteiger partial charge is 0.413 e. The quantitative estimate of drug-likeness (QED) is 0.181. The Labute approximate surface area is 250 Å². The van der Waals surface area contributed by atoms with Gasteiger partial charge >= 0.3 is 6.09 Å². The highest BCUT2D eigenvalue weighted by Crippen LogP contribution is 2.37. The monoisotopic (exact) mass is 631 g/mol. The van der Waals surface area contributed by atoms with Gasteiger partial charge in [0, 0.05) is 42.9 Å². The Morgan fingerprint density at radius 3 is 2.44 bits per heavy atom. The number of hydrogen-bond donors (Lipinski definition) is 2. The largest absolute Gasteiger partial charge is 0.453 e. The third kappa shape index (κ3) is 6.22. The van der Waals surface area contributed by atoms with Crippen LogP contribution in [0.15, 0.2) is 42.7 Å². The fourth-order valence-corrected chi connectivity index (χ4v) is 4.75. The average molecular weight is 632 g/mol. The molecule has 0 radical (unpaired) electrons. The van der Waals surface area contributed by atoms with Gasteiger partial charge in [0.05, 0.1) is 18.5 Å². The predicted molar refractivity (Wildman–Crippen MR) is 146 cm³/mol. The van der Waals surface area contributed by atoms with E-state index in [0.717, 1.165) is 37.5 Å². The number of methoxy groups -OCH3 is 1. The van der Waals surface area contributed by atoms with Crippen LogP contribution in [0.1, 0.15) is 18.9 Å². The van der Waals surface area contributed by atoms with Gasteiger partial charge in [-0.05, 0) is 25.0 Å². The lowest BCUT2D eigenvalue weighted by Crippen LogP contribution is -2.40. The Morgan fingerprint density at radius 2 is 1.76 bits per heavy atom. The van der Waals surface area contributed by atoms with Gasteiger partial charge in [0.15, 0.2) is 17.3 Å². The second-order valence-electron chi connectivity index (χ2n) is 9.69. The number of halogens is 5. The van der Waals surface area contributed by atoms with E-state index in [4.69, 9.17) is 10.5 Å². The molecule has 5 rings (SSSR count). The van der Waals surface area contributed by atoms with Gasteiger partial charge in [-0.3, -0.25) is 14.9 Å². The molecule has 1 atom stereocenters. The van der Waals surface area contributed by atoms with E-state index >= 15 is 4.39 Å². The molecule has 2 aromatic carbocycles. The lowest BCUT2D eigenvalue weighted by molar-refractivity contribution is -0.128. The van der Waals surface area contributed by atoms with Crippen LogP contribution in [0.4, 0.5) is 32.6 Å². The number of nitrogens with zero attached hydrogens (tertiary/aromatic N) is 5. The fourth-order valence-electron chi connectivity index (χ4n) is 4.75. The van der Waals surface area contributed by atoms with Gasteiger partial charge in [0.25, 0.3) is 5.91 Å². The molecule has 0 aliphatic carbocycles. The number of carbonyl (C=O) groups is 3. The molecule has 2 aromatic heterocycles. The molecule has 4 aromatic rings. The number of hydrogen-bond acceptors (Lipinski definition) is 9. The molecule has 1 aliphatic heterocycles. The van der Waals surface area contributed by atoms with Gasteiger partial charge in [0.2, 0.25) is 23.3 Å². The third-order valence-corrected chi connectivity index (χ3v) is 6.85. The zero-order valence-corrected chi connectivity index (χ0v) is 23.2. The van der Waals surface area contributed by atoms with Gasteiger partial charge in [-0.1, -0.05) is 0 Å². The van der Waals surface area contributed by atoms with Gasteiger partial charge in [0.1, 0.15) is 29.4 Å². The van der Waals surface area contributed by atoms with Crippen LogP contribution in [0, 0.1) is 29.1 Å². The van der Waals surface area contributed by atoms with E-state index in [9.17, 15) is 31.9 Å². The normalized spacial score (nSPS) is 15.0. The number of nitrogen functional groups attached to an aromatic ring is 1. The Hall–Kier alpha value is -5.61. The lowest BCUT2D eigenvalue weighted by Gasteiger charge is -2.32. The minimum absolute atomic E-state index is 0.00383. The molecule has 3 amide bonds. The number of nitrogens with one attached hydrogen (secondary N) is 1. The summed E-state index contributed by atoms with van der Waals surface area (Å²) in [5, 5.41) is 6.62. The average Bonchev–Trinajstić information content (AvgIpc) is 3.41. The number of likely N-dealkylation sites (tertiary alicyclic amines) is 1. The van der Waals surface area contributed by atoms with Crippen LogP contribution < -0.4 is 15.8 Å². The second-order valence-corrected chi connectivity index (χ2v) is 9.69. The molecule has 3 N–H and O–H groups in total. The maximum absolute atomic E-state index is 15.5. The van der Waals surface area contributed by atoms with E-state index in [1.54, 1.807) is 0 Å². The van der Waals surface area contributed by atoms with Crippen molar-refractivity contribution in [2.24, 2.45) is 0 Å². The molecule has 3 heterocycles. The van der Waals surface area contributed by atoms with Gasteiger partial charge in [-0.15, -0.1) is 0 Å². The second kappa shape index (κ2) is 12.6. The highest BCUT2D eigenvalue weighted by molar-refractivity contribution is 6.02. The summed E-state index contributed by atoms with van der Waals surface area (Å²) < 4.78 is 81.6. The number of fused-ring (bicyclic) bond motifs is 1. The topological polar surface area (TPSA) is 155 Å². The number of imide groups is 1. The Morgan fingerprint density at radius 1 is 1.02 bits per heavy atom. The molecule has 17 heteroatoms. The molecule has 0 bridgehead atoms. The number of nitrogens with two attached hydrogens (primary N) is 1. The van der Waals surface area contributed by atoms with Crippen molar-refractivity contribution < 1.29 is 45.8 Å². The number of ether oxygens (including phenoxy) is 2. The van der Waals surface area contributed by atoms with E-state index in [2.05, 4.69) is 19.8 Å². The van der Waals surface area contributed by atoms with Crippen LogP contribution in [-0.2, 0) is 14.3 Å². The van der Waals surface area contributed by atoms with Crippen LogP contribution in [-0.4, -0.2) is 62.8 Å². The molecule has 0 saturated carbocycles. The van der Waals surface area contributed by atoms with Crippen molar-refractivity contribution >= 4 is 34.8 Å². The summed E-state index contributed by atoms with van der Waals surface area (Å²) in [5.41, 5.74) is 6.21. The maximum atomic E-state index is 15.5. The highest BCUT2D eigenvalue weighted by atomic mass is 19.2. The van der Waals surface area contributed by atoms with Crippen molar-refractivity contribution in [3.8, 4) is 22.8 Å². The van der Waals surface area contributed by atoms with Crippen molar-refractivity contribution in [3.05, 3.63) is 71.8 Å². The van der Waals surface area contributed by atoms with Crippen LogP contribution in [0.2, 0.25) is 0 Å². The van der Waals surface area contributed by atoms with Crippen LogP contribution in [0.25, 0.3) is 22.3 Å². The number of piperidine rings is 1. The van der Waals surface area contributed by atoms with E-state index in [1.165, 1.54) is 15.9 Å². The number of benzene rings is 2. The Bertz CT molecular complexity index is 1840. The van der Waals surface area contributed by atoms with E-state index in [1.807, 2.05) is 5.32 Å². The molecule has 234 valence electrons. The van der Waals surface area contributed by atoms with Crippen molar-refractivity contribution in [2.45, 2.75) is 18.9 Å². The zero-order chi connectivity index (χ0) is 32.4. The number of anilines is 1. The first-order valence-electron chi connectivity index (χ1n) is 13.1. The van der Waals surface area contributed by atoms with E-state index in [-0.39, 0.29) is 40.7 Å². The van der Waals surface area contributed by atoms with Crippen molar-refractivity contribution in [2.75, 3.05) is 25.9 Å². The number of carbonyl (C=O) groups excluding carboxylic acids is 3. The summed E-state index contributed by atoms with van der Waals surface area (Å²) in [5.74, 6) is -11.2. The first kappa shape index (κ1) is 30.8. The summed E-state index contributed by atoms with van der Waals surface area (Å²) in [6.45, 7) is 0.479. The number of alkyl carbamates (subject to hydrolysis) is 1. The number of rotatable bonds is 6. The molecule has 1 saturated heterocycles. The Balaban J connectivity index is 1.43. The molecule has 0 spiro atoms. The summed E-state index contributed by atoms with van der Waals surface area (Å²) in [6.07, 6.45) is 3.16. The van der Waals surface area contributed by atoms with Crippen molar-refractivity contribution in [3.63, 3.8) is 0 Å². The molecule has 12 nitrogen and oxygen atoms in total. The van der Waals surface area contributed by atoms with Crippen LogP contribution in [0.5, 0.6) is 11.5 Å². The lowest BCUT2D eigenvalue weighted by atomic mass is 10.1. The summed E-state index contributed by atoms with van der Waals surface area (Å²) in [6, 6.07) is 2.56. The molecule has 1 aliphatic rings. The molecular formula is C28H22F5N7O5. The standard InChI is InChI=1S/C28H22F5N7O5/c1-44-28(43)37-19(41)6-7-20(42)39-8-2-3-13(11-39)40-27-21(26(34)35-12-36-27)24(38-40)15-5-4-14(9-16(15)29)45-25-22(32)17(30)10-18(31)23(25)33/h4-7,9-10,12-13H,2-3,8,11H2,1H3,(H2,34,35,36)(H,37,41,43). The van der Waals surface area contributed by atoms with Crippen molar-refractivity contribution in [1.29, 1.82) is 0 Å². The molecule has 1 unspecified atom stereocenters. The van der Waals surface area contributed by atoms with E-state index < -0.39 is 64.5 Å². The molecule has 45 heavy (non-hydrogen) atoms. The minimum Gasteiger partial charge on any atom is -0.453 e. The Kier molecular flexibility index (Phi) is 8.60. The van der Waals surface area contributed by atoms with Crippen molar-refractivity contribution in [1.82, 2.24) is 30.0 Å². The summed E-state index contributed by atoms with van der Waals surface area (Å²) in [4.78, 5) is 45.4. The number of amides is 3. The SMILES string of the molecule is COC(=O)NC(=O)C=CC(=O)N1CCCC(n2nc(-c3ccc(Oc4c(F)c(F)cc(F)c4F)cc3F)c3c(N)ncnc32)C1. The van der Waals surface area contributed by atoms with Gasteiger partial charge in [-0.2, -0.15) is 13.9 Å². The zero-order valence-electron chi connectivity index (χ0n) is 23.2.